The lowest BCUT2D eigenvalue weighted by Gasteiger charge is -2.12. The van der Waals surface area contributed by atoms with Crippen molar-refractivity contribution in [2.24, 2.45) is 0 Å². The van der Waals surface area contributed by atoms with E-state index >= 15 is 0 Å². The van der Waals surface area contributed by atoms with Crippen molar-refractivity contribution in [2.45, 2.75) is 32.0 Å². The van der Waals surface area contributed by atoms with Crippen LogP contribution in [0.3, 0.4) is 0 Å². The lowest BCUT2D eigenvalue weighted by Crippen LogP contribution is -2.25. The smallest absolute Gasteiger partial charge is 0.267 e. The van der Waals surface area contributed by atoms with Gasteiger partial charge in [-0.05, 0) is 48.7 Å². The molecule has 0 aromatic heterocycles. The molecule has 0 spiro atoms. The molecule has 0 heterocycles. The van der Waals surface area contributed by atoms with Gasteiger partial charge in [0.2, 0.25) is 0 Å². The first-order chi connectivity index (χ1) is 11.9. The van der Waals surface area contributed by atoms with Crippen molar-refractivity contribution in [1.82, 2.24) is 0 Å². The van der Waals surface area contributed by atoms with Gasteiger partial charge in [0.25, 0.3) is 6.43 Å². The molecule has 136 valence electrons. The van der Waals surface area contributed by atoms with Crippen molar-refractivity contribution < 1.29 is 28.5 Å². The highest BCUT2D eigenvalue weighted by molar-refractivity contribution is 5.34. The number of aliphatic hydroxyl groups excluding tert-OH is 2. The lowest BCUT2D eigenvalue weighted by molar-refractivity contribution is -0.0283. The maximum absolute atomic E-state index is 12.2. The molecule has 0 aliphatic carbocycles. The summed E-state index contributed by atoms with van der Waals surface area (Å²) in [6, 6.07) is 14.7. The molecule has 0 aliphatic rings. The maximum Gasteiger partial charge on any atom is 0.267 e. The van der Waals surface area contributed by atoms with Crippen LogP contribution < -0.4 is 9.47 Å². The quantitative estimate of drug-likeness (QED) is 0.728. The van der Waals surface area contributed by atoms with E-state index < -0.39 is 25.2 Å². The first-order valence-corrected chi connectivity index (χ1v) is 8.02. The summed E-state index contributed by atoms with van der Waals surface area (Å²) in [6.07, 6.45) is -4.40. The van der Waals surface area contributed by atoms with Crippen LogP contribution >= 0.6 is 0 Å². The first-order valence-electron chi connectivity index (χ1n) is 8.02. The normalized spacial score (nSPS) is 13.5. The highest BCUT2D eigenvalue weighted by Crippen LogP contribution is 2.18. The fraction of sp³-hybridized carbons (Fsp3) is 0.368. The minimum absolute atomic E-state index is 0.251. The van der Waals surface area contributed by atoms with Crippen LogP contribution in [0.2, 0.25) is 0 Å². The van der Waals surface area contributed by atoms with Crippen molar-refractivity contribution >= 4 is 0 Å². The molecule has 0 radical (unpaired) electrons. The predicted octanol–water partition coefficient (Wildman–Crippen LogP) is 3.04. The van der Waals surface area contributed by atoms with Crippen LogP contribution in [0.1, 0.15) is 18.1 Å². The Balaban J connectivity index is 1.86. The zero-order chi connectivity index (χ0) is 18.2. The largest absolute Gasteiger partial charge is 0.491 e. The highest BCUT2D eigenvalue weighted by Gasteiger charge is 2.17. The van der Waals surface area contributed by atoms with Crippen LogP contribution in [-0.4, -0.2) is 42.1 Å². The van der Waals surface area contributed by atoms with E-state index in [1.165, 1.54) is 0 Å². The average Bonchev–Trinajstić information content (AvgIpc) is 2.60. The van der Waals surface area contributed by atoms with Gasteiger partial charge in [0.1, 0.15) is 30.8 Å². The third-order valence-corrected chi connectivity index (χ3v) is 3.46. The molecular formula is C19H22F2O4. The number of hydrogen-bond donors (Lipinski definition) is 2. The lowest BCUT2D eigenvalue weighted by atomic mass is 10.0. The molecule has 4 nitrogen and oxygen atoms in total. The average molecular weight is 352 g/mol. The Bertz CT molecular complexity index is 627. The van der Waals surface area contributed by atoms with Gasteiger partial charge in [0.15, 0.2) is 0 Å². The van der Waals surface area contributed by atoms with Gasteiger partial charge in [0, 0.05) is 0 Å². The zero-order valence-corrected chi connectivity index (χ0v) is 13.9. The molecule has 0 aliphatic heterocycles. The Hall–Kier alpha value is -2.18. The number of benzene rings is 2. The Kier molecular flexibility index (Phi) is 7.16. The fourth-order valence-electron chi connectivity index (χ4n) is 2.11. The molecule has 2 unspecified atom stereocenters. The van der Waals surface area contributed by atoms with E-state index in [0.29, 0.717) is 17.9 Å². The number of rotatable bonds is 9. The molecular weight excluding hydrogens is 330 g/mol. The van der Waals surface area contributed by atoms with Crippen molar-refractivity contribution in [2.75, 3.05) is 13.2 Å². The predicted molar refractivity (Wildman–Crippen MR) is 90.4 cm³/mol. The van der Waals surface area contributed by atoms with E-state index in [-0.39, 0.29) is 6.61 Å². The first kappa shape index (κ1) is 19.1. The topological polar surface area (TPSA) is 58.9 Å². The van der Waals surface area contributed by atoms with Gasteiger partial charge in [-0.2, -0.15) is 0 Å². The molecule has 0 saturated heterocycles. The van der Waals surface area contributed by atoms with Crippen LogP contribution in [0.15, 0.2) is 48.5 Å². The van der Waals surface area contributed by atoms with Gasteiger partial charge in [-0.1, -0.05) is 24.3 Å². The Morgan fingerprint density at radius 3 is 1.64 bits per heavy atom. The summed E-state index contributed by atoms with van der Waals surface area (Å²) in [5.74, 6) is 1.14. The van der Waals surface area contributed by atoms with E-state index in [4.69, 9.17) is 14.6 Å². The third-order valence-electron chi connectivity index (χ3n) is 3.46. The van der Waals surface area contributed by atoms with Crippen LogP contribution in [0.25, 0.3) is 0 Å². The molecule has 2 aromatic carbocycles. The summed E-state index contributed by atoms with van der Waals surface area (Å²) < 4.78 is 34.9. The minimum Gasteiger partial charge on any atom is -0.491 e. The molecule has 6 heteroatoms. The second kappa shape index (κ2) is 9.34. The number of ether oxygens (including phenoxy) is 2. The Morgan fingerprint density at radius 2 is 1.24 bits per heavy atom. The van der Waals surface area contributed by atoms with Crippen LogP contribution in [-0.2, 0) is 6.42 Å². The summed E-state index contributed by atoms with van der Waals surface area (Å²) in [4.78, 5) is 0. The highest BCUT2D eigenvalue weighted by atomic mass is 19.3. The molecule has 0 fully saturated rings. The number of halogens is 2. The second-order valence-corrected chi connectivity index (χ2v) is 5.84. The Labute approximate surface area is 145 Å². The molecule has 0 saturated carbocycles. The summed E-state index contributed by atoms with van der Waals surface area (Å²) in [5.41, 5.74) is 2.13. The van der Waals surface area contributed by atoms with Crippen molar-refractivity contribution in [3.8, 4) is 11.5 Å². The molecule has 2 rings (SSSR count). The van der Waals surface area contributed by atoms with E-state index in [2.05, 4.69) is 0 Å². The second-order valence-electron chi connectivity index (χ2n) is 5.84. The van der Waals surface area contributed by atoms with E-state index in [9.17, 15) is 13.9 Å². The molecule has 2 atom stereocenters. The summed E-state index contributed by atoms with van der Waals surface area (Å²) >= 11 is 0. The number of alkyl halides is 2. The number of hydrogen-bond acceptors (Lipinski definition) is 4. The molecule has 0 bridgehead atoms. The SMILES string of the molecule is CC(O)COc1ccc(Cc2ccc(OCC(O)C(F)F)cc2)cc1. The maximum atomic E-state index is 12.2. The molecule has 2 N–H and O–H groups in total. The monoisotopic (exact) mass is 352 g/mol. The van der Waals surface area contributed by atoms with Gasteiger partial charge >= 0.3 is 0 Å². The summed E-state index contributed by atoms with van der Waals surface area (Å²) in [7, 11) is 0. The van der Waals surface area contributed by atoms with Crippen LogP contribution in [0.5, 0.6) is 11.5 Å². The van der Waals surface area contributed by atoms with Crippen LogP contribution in [0.4, 0.5) is 8.78 Å². The van der Waals surface area contributed by atoms with Gasteiger partial charge in [-0.3, -0.25) is 0 Å². The summed E-state index contributed by atoms with van der Waals surface area (Å²) in [6.45, 7) is 1.47. The Morgan fingerprint density at radius 1 is 0.800 bits per heavy atom. The van der Waals surface area contributed by atoms with Crippen molar-refractivity contribution in [1.29, 1.82) is 0 Å². The summed E-state index contributed by atoms with van der Waals surface area (Å²) in [5, 5.41) is 18.2. The zero-order valence-electron chi connectivity index (χ0n) is 13.9. The van der Waals surface area contributed by atoms with E-state index in [0.717, 1.165) is 11.1 Å². The van der Waals surface area contributed by atoms with Gasteiger partial charge in [0.05, 0.1) is 6.10 Å². The van der Waals surface area contributed by atoms with Gasteiger partial charge in [-0.15, -0.1) is 0 Å². The van der Waals surface area contributed by atoms with Gasteiger partial charge in [-0.25, -0.2) is 8.78 Å². The van der Waals surface area contributed by atoms with Gasteiger partial charge < -0.3 is 19.7 Å². The fourth-order valence-corrected chi connectivity index (χ4v) is 2.11. The standard InChI is InChI=1S/C19H22F2O4/c1-13(22)11-24-16-6-2-14(3-7-16)10-15-4-8-17(9-5-15)25-12-18(23)19(20)21/h2-9,13,18-19,22-23H,10-12H2,1H3. The third kappa shape index (κ3) is 6.68. The van der Waals surface area contributed by atoms with E-state index in [1.807, 2.05) is 36.4 Å². The molecule has 25 heavy (non-hydrogen) atoms. The number of aliphatic hydroxyl groups is 2. The van der Waals surface area contributed by atoms with Crippen molar-refractivity contribution in [3.63, 3.8) is 0 Å². The molecule has 0 amide bonds. The van der Waals surface area contributed by atoms with Crippen molar-refractivity contribution in [3.05, 3.63) is 59.7 Å². The minimum atomic E-state index is -2.81. The van der Waals surface area contributed by atoms with E-state index in [1.54, 1.807) is 19.1 Å². The van der Waals surface area contributed by atoms with Crippen LogP contribution in [0, 0.1) is 0 Å². The molecule has 2 aromatic rings.